The Morgan fingerprint density at radius 2 is 1.94 bits per heavy atom. The minimum atomic E-state index is -4.30. The Morgan fingerprint density at radius 3 is 2.44 bits per heavy atom. The Kier molecular flexibility index (Phi) is 4.00. The molecule has 16 heavy (non-hydrogen) atoms. The van der Waals surface area contributed by atoms with Crippen LogP contribution in [-0.4, -0.2) is 26.5 Å². The molecule has 0 fully saturated rings. The molecule has 0 heterocycles. The number of benzene rings is 1. The number of carbonyl (C=O) groups excluding carboxylic acids is 1. The molecule has 0 spiro atoms. The molecule has 1 unspecified atom stereocenters. The highest BCUT2D eigenvalue weighted by Crippen LogP contribution is 2.17. The van der Waals surface area contributed by atoms with Gasteiger partial charge in [-0.15, -0.1) is 0 Å². The molecular formula is C10H11FO4S. The number of ether oxygens (including phenoxy) is 1. The van der Waals surface area contributed by atoms with Crippen molar-refractivity contribution in [3.05, 3.63) is 30.3 Å². The quantitative estimate of drug-likeness (QED) is 0.752. The number of rotatable bonds is 4. The van der Waals surface area contributed by atoms with Crippen LogP contribution in [0, 0.1) is 0 Å². The van der Waals surface area contributed by atoms with Crippen LogP contribution in [0.15, 0.2) is 35.2 Å². The summed E-state index contributed by atoms with van der Waals surface area (Å²) < 4.78 is 40.8. The molecule has 0 aromatic heterocycles. The van der Waals surface area contributed by atoms with Gasteiger partial charge in [0.15, 0.2) is 0 Å². The second kappa shape index (κ2) is 5.07. The highest BCUT2D eigenvalue weighted by Gasteiger charge is 2.35. The van der Waals surface area contributed by atoms with Crippen molar-refractivity contribution in [1.82, 2.24) is 0 Å². The summed E-state index contributed by atoms with van der Waals surface area (Å²) in [5.41, 5.74) is -2.67. The maximum Gasteiger partial charge on any atom is 0.357 e. The predicted octanol–water partition coefficient (Wildman–Crippen LogP) is 1.32. The molecule has 0 radical (unpaired) electrons. The summed E-state index contributed by atoms with van der Waals surface area (Å²) >= 11 is 0. The highest BCUT2D eigenvalue weighted by molar-refractivity contribution is 7.92. The summed E-state index contributed by atoms with van der Waals surface area (Å²) in [6, 6.07) is 6.94. The van der Waals surface area contributed by atoms with E-state index in [-0.39, 0.29) is 11.5 Å². The molecule has 88 valence electrons. The molecule has 0 bridgehead atoms. The van der Waals surface area contributed by atoms with Crippen LogP contribution in [0.2, 0.25) is 0 Å². The van der Waals surface area contributed by atoms with Gasteiger partial charge in [-0.3, -0.25) is 0 Å². The Bertz CT molecular complexity index is 455. The third kappa shape index (κ3) is 2.57. The van der Waals surface area contributed by atoms with Crippen LogP contribution in [0.4, 0.5) is 4.39 Å². The summed E-state index contributed by atoms with van der Waals surface area (Å²) in [5.74, 6) is -1.38. The third-order valence-electron chi connectivity index (χ3n) is 1.82. The Hall–Kier alpha value is -1.43. The summed E-state index contributed by atoms with van der Waals surface area (Å²) in [5, 5.41) is 0. The topological polar surface area (TPSA) is 60.4 Å². The van der Waals surface area contributed by atoms with Crippen LogP contribution in [0.5, 0.6) is 0 Å². The molecule has 0 aliphatic carbocycles. The van der Waals surface area contributed by atoms with Crippen molar-refractivity contribution in [3.63, 3.8) is 0 Å². The maximum atomic E-state index is 13.4. The number of carbonyl (C=O) groups is 1. The van der Waals surface area contributed by atoms with E-state index in [1.165, 1.54) is 31.2 Å². The van der Waals surface area contributed by atoms with E-state index in [4.69, 9.17) is 0 Å². The van der Waals surface area contributed by atoms with E-state index >= 15 is 0 Å². The first-order chi connectivity index (χ1) is 7.50. The molecule has 4 nitrogen and oxygen atoms in total. The zero-order valence-electron chi connectivity index (χ0n) is 8.59. The van der Waals surface area contributed by atoms with Gasteiger partial charge in [0.05, 0.1) is 11.5 Å². The van der Waals surface area contributed by atoms with E-state index in [0.29, 0.717) is 0 Å². The minimum Gasteiger partial charge on any atom is -0.463 e. The number of hydrogen-bond acceptors (Lipinski definition) is 4. The maximum absolute atomic E-state index is 13.4. The number of sulfone groups is 1. The van der Waals surface area contributed by atoms with Crippen LogP contribution in [-0.2, 0) is 19.4 Å². The minimum absolute atomic E-state index is 0.0659. The van der Waals surface area contributed by atoms with Crippen LogP contribution in [0.1, 0.15) is 6.92 Å². The van der Waals surface area contributed by atoms with E-state index in [0.717, 1.165) is 0 Å². The fourth-order valence-corrected chi connectivity index (χ4v) is 2.16. The summed E-state index contributed by atoms with van der Waals surface area (Å²) in [6.07, 6.45) is 0. The first kappa shape index (κ1) is 12.6. The largest absolute Gasteiger partial charge is 0.463 e. The third-order valence-corrected chi connectivity index (χ3v) is 3.48. The van der Waals surface area contributed by atoms with Crippen molar-refractivity contribution >= 4 is 15.8 Å². The zero-order chi connectivity index (χ0) is 12.2. The first-order valence-electron chi connectivity index (χ1n) is 4.59. The Morgan fingerprint density at radius 1 is 1.38 bits per heavy atom. The van der Waals surface area contributed by atoms with Crippen LogP contribution in [0.25, 0.3) is 0 Å². The number of esters is 1. The molecule has 0 N–H and O–H groups in total. The lowest BCUT2D eigenvalue weighted by atomic mass is 10.4. The molecule has 0 saturated carbocycles. The predicted molar refractivity (Wildman–Crippen MR) is 55.2 cm³/mol. The van der Waals surface area contributed by atoms with Gasteiger partial charge in [-0.2, -0.15) is 0 Å². The molecule has 0 saturated heterocycles. The molecule has 1 aromatic carbocycles. The zero-order valence-corrected chi connectivity index (χ0v) is 9.41. The molecule has 1 rings (SSSR count). The second-order valence-corrected chi connectivity index (χ2v) is 4.90. The van der Waals surface area contributed by atoms with Gasteiger partial charge in [0.25, 0.3) is 0 Å². The van der Waals surface area contributed by atoms with Crippen molar-refractivity contribution in [2.24, 2.45) is 0 Å². The molecule has 0 amide bonds. The van der Waals surface area contributed by atoms with Gasteiger partial charge in [0.1, 0.15) is 0 Å². The number of alkyl halides is 1. The molecule has 1 aromatic rings. The van der Waals surface area contributed by atoms with Gasteiger partial charge >= 0.3 is 11.5 Å². The highest BCUT2D eigenvalue weighted by atomic mass is 32.2. The molecule has 6 heteroatoms. The lowest BCUT2D eigenvalue weighted by molar-refractivity contribution is -0.145. The van der Waals surface area contributed by atoms with Crippen molar-refractivity contribution in [1.29, 1.82) is 0 Å². The Labute approximate surface area is 93.0 Å². The van der Waals surface area contributed by atoms with Gasteiger partial charge < -0.3 is 4.74 Å². The molecule has 0 aliphatic rings. The van der Waals surface area contributed by atoms with Gasteiger partial charge in [-0.25, -0.2) is 17.6 Å². The molecular weight excluding hydrogens is 235 g/mol. The van der Waals surface area contributed by atoms with E-state index in [1.807, 2.05) is 0 Å². The van der Waals surface area contributed by atoms with Gasteiger partial charge in [-0.05, 0) is 19.1 Å². The van der Waals surface area contributed by atoms with Gasteiger partial charge in [-0.1, -0.05) is 18.2 Å². The van der Waals surface area contributed by atoms with Crippen LogP contribution in [0.3, 0.4) is 0 Å². The number of halogens is 1. The average Bonchev–Trinajstić information content (AvgIpc) is 2.29. The second-order valence-electron chi connectivity index (χ2n) is 2.93. The lowest BCUT2D eigenvalue weighted by Crippen LogP contribution is -2.28. The first-order valence-corrected chi connectivity index (χ1v) is 6.14. The average molecular weight is 246 g/mol. The van der Waals surface area contributed by atoms with Crippen LogP contribution >= 0.6 is 0 Å². The summed E-state index contributed by atoms with van der Waals surface area (Å²) in [6.45, 7) is 1.41. The van der Waals surface area contributed by atoms with Crippen molar-refractivity contribution < 1.29 is 22.3 Å². The fraction of sp³-hybridized carbons (Fsp3) is 0.300. The van der Waals surface area contributed by atoms with E-state index < -0.39 is 21.3 Å². The molecule has 0 aliphatic heterocycles. The van der Waals surface area contributed by atoms with Crippen molar-refractivity contribution in [2.45, 2.75) is 17.3 Å². The SMILES string of the molecule is CCOC(=O)C(F)S(=O)(=O)c1ccccc1. The standard InChI is InChI=1S/C10H11FO4S/c1-2-15-10(12)9(11)16(13,14)8-6-4-3-5-7-8/h3-7,9H,2H2,1H3. The number of hydrogen-bond donors (Lipinski definition) is 0. The van der Waals surface area contributed by atoms with Crippen molar-refractivity contribution in [2.75, 3.05) is 6.61 Å². The van der Waals surface area contributed by atoms with E-state index in [9.17, 15) is 17.6 Å². The summed E-state index contributed by atoms with van der Waals surface area (Å²) in [7, 11) is -4.30. The lowest BCUT2D eigenvalue weighted by Gasteiger charge is -2.08. The van der Waals surface area contributed by atoms with Crippen molar-refractivity contribution in [3.8, 4) is 0 Å². The van der Waals surface area contributed by atoms with E-state index in [1.54, 1.807) is 6.07 Å². The van der Waals surface area contributed by atoms with Gasteiger partial charge in [0, 0.05) is 0 Å². The fourth-order valence-electron chi connectivity index (χ4n) is 1.06. The molecule has 1 atom stereocenters. The summed E-state index contributed by atoms with van der Waals surface area (Å²) in [4.78, 5) is 10.7. The van der Waals surface area contributed by atoms with E-state index in [2.05, 4.69) is 4.74 Å². The monoisotopic (exact) mass is 246 g/mol. The van der Waals surface area contributed by atoms with Gasteiger partial charge in [0.2, 0.25) is 9.84 Å². The Balaban J connectivity index is 2.99. The van der Waals surface area contributed by atoms with Crippen LogP contribution < -0.4 is 0 Å². The normalized spacial score (nSPS) is 13.1. The smallest absolute Gasteiger partial charge is 0.357 e.